The lowest BCUT2D eigenvalue weighted by Crippen LogP contribution is -2.37. The summed E-state index contributed by atoms with van der Waals surface area (Å²) in [6.45, 7) is 3.96. The molecule has 0 amide bonds. The third-order valence-corrected chi connectivity index (χ3v) is 6.31. The second kappa shape index (κ2) is 6.55. The molecular formula is C15H23ClN2O2S. The zero-order valence-corrected chi connectivity index (χ0v) is 14.1. The van der Waals surface area contributed by atoms with Crippen molar-refractivity contribution < 1.29 is 8.42 Å². The van der Waals surface area contributed by atoms with Gasteiger partial charge >= 0.3 is 0 Å². The SMILES string of the molecule is CCC1CCC(NS(=O)(=O)c2cc(N)c(C)c(Cl)c2)CC1. The Kier molecular flexibility index (Phi) is 5.17. The number of rotatable bonds is 4. The lowest BCUT2D eigenvalue weighted by Gasteiger charge is -2.28. The summed E-state index contributed by atoms with van der Waals surface area (Å²) in [6, 6.07) is 2.95. The summed E-state index contributed by atoms with van der Waals surface area (Å²) in [4.78, 5) is 0.146. The maximum Gasteiger partial charge on any atom is 0.240 e. The van der Waals surface area contributed by atoms with E-state index >= 15 is 0 Å². The molecule has 0 atom stereocenters. The molecule has 1 aromatic carbocycles. The smallest absolute Gasteiger partial charge is 0.240 e. The highest BCUT2D eigenvalue weighted by atomic mass is 35.5. The molecule has 0 aromatic heterocycles. The van der Waals surface area contributed by atoms with Crippen molar-refractivity contribution in [2.24, 2.45) is 5.92 Å². The second-order valence-corrected chi connectivity index (χ2v) is 7.99. The van der Waals surface area contributed by atoms with Gasteiger partial charge in [0.1, 0.15) is 0 Å². The fourth-order valence-corrected chi connectivity index (χ4v) is 4.46. The minimum absolute atomic E-state index is 0.0131. The van der Waals surface area contributed by atoms with E-state index in [1.165, 1.54) is 18.6 Å². The van der Waals surface area contributed by atoms with Gasteiger partial charge in [-0.3, -0.25) is 0 Å². The van der Waals surface area contributed by atoms with Crippen molar-refractivity contribution in [3.8, 4) is 0 Å². The minimum atomic E-state index is -3.56. The van der Waals surface area contributed by atoms with Crippen molar-refractivity contribution in [1.82, 2.24) is 4.72 Å². The van der Waals surface area contributed by atoms with Crippen molar-refractivity contribution in [2.75, 3.05) is 5.73 Å². The van der Waals surface area contributed by atoms with E-state index in [1.54, 1.807) is 6.92 Å². The fraction of sp³-hybridized carbons (Fsp3) is 0.600. The van der Waals surface area contributed by atoms with Gasteiger partial charge in [-0.05, 0) is 56.2 Å². The topological polar surface area (TPSA) is 72.2 Å². The highest BCUT2D eigenvalue weighted by Gasteiger charge is 2.25. The lowest BCUT2D eigenvalue weighted by atomic mass is 9.85. The summed E-state index contributed by atoms with van der Waals surface area (Å²) in [5.41, 5.74) is 6.92. The number of halogens is 1. The Morgan fingerprint density at radius 3 is 2.43 bits per heavy atom. The molecule has 0 aliphatic heterocycles. The van der Waals surface area contributed by atoms with Crippen molar-refractivity contribution in [2.45, 2.75) is 56.9 Å². The monoisotopic (exact) mass is 330 g/mol. The highest BCUT2D eigenvalue weighted by Crippen LogP contribution is 2.29. The van der Waals surface area contributed by atoms with Crippen molar-refractivity contribution in [3.63, 3.8) is 0 Å². The number of hydrogen-bond acceptors (Lipinski definition) is 3. The first-order valence-electron chi connectivity index (χ1n) is 7.41. The van der Waals surface area contributed by atoms with Crippen LogP contribution in [0.25, 0.3) is 0 Å². The summed E-state index contributed by atoms with van der Waals surface area (Å²) >= 11 is 6.03. The van der Waals surface area contributed by atoms with E-state index < -0.39 is 10.0 Å². The quantitative estimate of drug-likeness (QED) is 0.830. The molecule has 1 saturated carbocycles. The van der Waals surface area contributed by atoms with Gasteiger partial charge in [0.15, 0.2) is 0 Å². The van der Waals surface area contributed by atoms with Crippen molar-refractivity contribution in [3.05, 3.63) is 22.7 Å². The van der Waals surface area contributed by atoms with Gasteiger partial charge in [-0.15, -0.1) is 0 Å². The molecule has 6 heteroatoms. The van der Waals surface area contributed by atoms with Crippen LogP contribution in [0.2, 0.25) is 5.02 Å². The Labute approximate surface area is 132 Å². The van der Waals surface area contributed by atoms with Gasteiger partial charge in [-0.25, -0.2) is 13.1 Å². The molecule has 0 unspecified atom stereocenters. The van der Waals surface area contributed by atoms with E-state index in [-0.39, 0.29) is 10.9 Å². The fourth-order valence-electron chi connectivity index (χ4n) is 2.81. The Bertz CT molecular complexity index is 585. The summed E-state index contributed by atoms with van der Waals surface area (Å²) in [6.07, 6.45) is 5.13. The summed E-state index contributed by atoms with van der Waals surface area (Å²) in [5, 5.41) is 0.380. The van der Waals surface area contributed by atoms with Gasteiger partial charge in [0.2, 0.25) is 10.0 Å². The van der Waals surface area contributed by atoms with Crippen LogP contribution >= 0.6 is 11.6 Å². The van der Waals surface area contributed by atoms with Crippen LogP contribution in [-0.2, 0) is 10.0 Å². The molecule has 0 heterocycles. The zero-order chi connectivity index (χ0) is 15.6. The van der Waals surface area contributed by atoms with Crippen molar-refractivity contribution in [1.29, 1.82) is 0 Å². The highest BCUT2D eigenvalue weighted by molar-refractivity contribution is 7.89. The first kappa shape index (κ1) is 16.6. The molecule has 1 aromatic rings. The molecule has 4 nitrogen and oxygen atoms in total. The first-order valence-corrected chi connectivity index (χ1v) is 9.27. The van der Waals surface area contributed by atoms with E-state index in [2.05, 4.69) is 11.6 Å². The standard InChI is InChI=1S/C15H23ClN2O2S/c1-3-11-4-6-12(7-5-11)18-21(19,20)13-8-14(16)10(2)15(17)9-13/h8-9,11-12,18H,3-7,17H2,1-2H3. The largest absolute Gasteiger partial charge is 0.398 e. The van der Waals surface area contributed by atoms with Crippen LogP contribution in [0.3, 0.4) is 0 Å². The van der Waals surface area contributed by atoms with Gasteiger partial charge in [0, 0.05) is 16.8 Å². The third kappa shape index (κ3) is 3.90. The predicted octanol–water partition coefficient (Wildman–Crippen LogP) is 3.48. The maximum absolute atomic E-state index is 12.4. The number of nitrogen functional groups attached to an aromatic ring is 1. The number of anilines is 1. The molecule has 118 valence electrons. The number of nitrogens with two attached hydrogens (primary N) is 1. The van der Waals surface area contributed by atoms with Crippen LogP contribution in [0.5, 0.6) is 0 Å². The average molecular weight is 331 g/mol. The van der Waals surface area contributed by atoms with E-state index in [1.807, 2.05) is 0 Å². The molecule has 1 fully saturated rings. The van der Waals surface area contributed by atoms with Gasteiger partial charge in [-0.2, -0.15) is 0 Å². The van der Waals surface area contributed by atoms with Gasteiger partial charge in [-0.1, -0.05) is 24.9 Å². The Balaban J connectivity index is 2.12. The number of nitrogens with one attached hydrogen (secondary N) is 1. The number of sulfonamides is 1. The van der Waals surface area contributed by atoms with Gasteiger partial charge in [0.25, 0.3) is 0 Å². The van der Waals surface area contributed by atoms with Crippen LogP contribution in [-0.4, -0.2) is 14.5 Å². The zero-order valence-electron chi connectivity index (χ0n) is 12.5. The number of benzene rings is 1. The van der Waals surface area contributed by atoms with Crippen LogP contribution in [0.1, 0.15) is 44.6 Å². The van der Waals surface area contributed by atoms with Crippen LogP contribution in [0.4, 0.5) is 5.69 Å². The molecule has 1 aliphatic rings. The first-order chi connectivity index (χ1) is 9.83. The van der Waals surface area contributed by atoms with Gasteiger partial charge in [0.05, 0.1) is 4.90 Å². The Morgan fingerprint density at radius 2 is 1.90 bits per heavy atom. The Hall–Kier alpha value is -0.780. The van der Waals surface area contributed by atoms with E-state index in [9.17, 15) is 8.42 Å². The summed E-state index contributed by atoms with van der Waals surface area (Å²) in [5.74, 6) is 0.732. The molecule has 2 rings (SSSR count). The molecular weight excluding hydrogens is 308 g/mol. The van der Waals surface area contributed by atoms with Crippen molar-refractivity contribution >= 4 is 27.3 Å². The normalized spacial score (nSPS) is 23.2. The third-order valence-electron chi connectivity index (χ3n) is 4.41. The van der Waals surface area contributed by atoms with E-state index in [0.29, 0.717) is 16.3 Å². The molecule has 0 saturated heterocycles. The van der Waals surface area contributed by atoms with E-state index in [0.717, 1.165) is 31.6 Å². The molecule has 21 heavy (non-hydrogen) atoms. The summed E-state index contributed by atoms with van der Waals surface area (Å²) in [7, 11) is -3.56. The molecule has 0 spiro atoms. The molecule has 3 N–H and O–H groups in total. The average Bonchev–Trinajstić information content (AvgIpc) is 2.44. The molecule has 1 aliphatic carbocycles. The van der Waals surface area contributed by atoms with Gasteiger partial charge < -0.3 is 5.73 Å². The lowest BCUT2D eigenvalue weighted by molar-refractivity contribution is 0.306. The maximum atomic E-state index is 12.4. The molecule has 0 bridgehead atoms. The Morgan fingerprint density at radius 1 is 1.29 bits per heavy atom. The summed E-state index contributed by atoms with van der Waals surface area (Å²) < 4.78 is 27.7. The van der Waals surface area contributed by atoms with Crippen LogP contribution < -0.4 is 10.5 Å². The molecule has 0 radical (unpaired) electrons. The van der Waals surface area contributed by atoms with E-state index in [4.69, 9.17) is 17.3 Å². The second-order valence-electron chi connectivity index (χ2n) is 5.87. The predicted molar refractivity (Wildman–Crippen MR) is 87.0 cm³/mol. The minimum Gasteiger partial charge on any atom is -0.398 e. The van der Waals surface area contributed by atoms with Crippen LogP contribution in [0.15, 0.2) is 17.0 Å². The van der Waals surface area contributed by atoms with Crippen LogP contribution in [0, 0.1) is 12.8 Å². The number of hydrogen-bond donors (Lipinski definition) is 2.